The van der Waals surface area contributed by atoms with Gasteiger partial charge in [-0.3, -0.25) is 19.2 Å². The maximum Gasteiger partial charge on any atom is 0.285 e. The Bertz CT molecular complexity index is 2600. The molecule has 0 aliphatic carbocycles. The fraction of sp³-hybridized carbons (Fsp3) is 0.137. The lowest BCUT2D eigenvalue weighted by Gasteiger charge is -2.37. The first-order valence-electron chi connectivity index (χ1n) is 20.3. The summed E-state index contributed by atoms with van der Waals surface area (Å²) in [5, 5.41) is 14.8. The highest BCUT2D eigenvalue weighted by atomic mass is 32.2. The lowest BCUT2D eigenvalue weighted by atomic mass is 9.84. The molecule has 0 bridgehead atoms. The van der Waals surface area contributed by atoms with E-state index in [2.05, 4.69) is 47.0 Å². The number of aliphatic hydroxyl groups is 1. The topological polar surface area (TPSA) is 116 Å². The van der Waals surface area contributed by atoms with Crippen molar-refractivity contribution in [3.05, 3.63) is 225 Å². The molecule has 2 heterocycles. The number of carbonyl (C=O) groups is 4. The van der Waals surface area contributed by atoms with Crippen LogP contribution in [0.2, 0.25) is 0 Å². The molecule has 63 heavy (non-hydrogen) atoms. The fourth-order valence-electron chi connectivity index (χ4n) is 7.99. The van der Waals surface area contributed by atoms with Crippen LogP contribution >= 0.6 is 23.5 Å². The number of nitrogens with one attached hydrogen (secondary N) is 2. The minimum absolute atomic E-state index is 0.00185. The summed E-state index contributed by atoms with van der Waals surface area (Å²) in [6, 6.07) is 45.7. The fourth-order valence-corrected chi connectivity index (χ4v) is 10.6. The zero-order valence-corrected chi connectivity index (χ0v) is 35.3. The summed E-state index contributed by atoms with van der Waals surface area (Å²) in [7, 11) is 0. The van der Waals surface area contributed by atoms with Gasteiger partial charge in [-0.25, -0.2) is 8.78 Å². The van der Waals surface area contributed by atoms with Gasteiger partial charge < -0.3 is 20.6 Å². The number of nitrogens with zero attached hydrogens (tertiary/aromatic N) is 1. The summed E-state index contributed by atoms with van der Waals surface area (Å²) < 4.78 is 28.0. The molecule has 8 nitrogen and oxygen atoms in total. The molecular weight excluding hydrogens is 837 g/mol. The van der Waals surface area contributed by atoms with Gasteiger partial charge in [0, 0.05) is 34.9 Å². The second-order valence-corrected chi connectivity index (χ2v) is 17.6. The zero-order chi connectivity index (χ0) is 43.9. The maximum absolute atomic E-state index is 14.9. The smallest absolute Gasteiger partial charge is 0.285 e. The molecule has 8 rings (SSSR count). The van der Waals surface area contributed by atoms with E-state index in [0.717, 1.165) is 51.7 Å². The molecule has 3 N–H and O–H groups in total. The van der Waals surface area contributed by atoms with Gasteiger partial charge in [0.1, 0.15) is 17.7 Å². The molecular formula is C51H41F2N3O5S2. The first kappa shape index (κ1) is 43.1. The van der Waals surface area contributed by atoms with E-state index >= 15 is 0 Å². The van der Waals surface area contributed by atoms with Gasteiger partial charge in [-0.05, 0) is 70.3 Å². The summed E-state index contributed by atoms with van der Waals surface area (Å²) >= 11 is 2.61. The largest absolute Gasteiger partial charge is 0.369 e. The van der Waals surface area contributed by atoms with Crippen LogP contribution in [0.15, 0.2) is 169 Å². The van der Waals surface area contributed by atoms with E-state index in [0.29, 0.717) is 11.0 Å². The Morgan fingerprint density at radius 1 is 0.762 bits per heavy atom. The number of rotatable bonds is 13. The normalized spacial score (nSPS) is 18.1. The quantitative estimate of drug-likeness (QED) is 0.0783. The van der Waals surface area contributed by atoms with Gasteiger partial charge >= 0.3 is 0 Å². The van der Waals surface area contributed by atoms with Crippen molar-refractivity contribution in [3.8, 4) is 0 Å². The molecule has 2 aliphatic rings. The number of ketones is 1. The summed E-state index contributed by atoms with van der Waals surface area (Å²) in [4.78, 5) is 56.6. The minimum atomic E-state index is -1.05. The number of thioether (sulfide) groups is 2. The zero-order valence-electron chi connectivity index (χ0n) is 33.7. The molecule has 3 amide bonds. The third-order valence-electron chi connectivity index (χ3n) is 11.0. The molecule has 12 heteroatoms. The van der Waals surface area contributed by atoms with Crippen molar-refractivity contribution in [1.82, 2.24) is 15.5 Å². The van der Waals surface area contributed by atoms with Gasteiger partial charge in [0.2, 0.25) is 5.91 Å². The molecule has 3 atom stereocenters. The molecule has 0 spiro atoms. The average Bonchev–Trinajstić information content (AvgIpc) is 3.88. The Morgan fingerprint density at radius 2 is 1.33 bits per heavy atom. The van der Waals surface area contributed by atoms with Gasteiger partial charge in [0.25, 0.3) is 11.1 Å². The molecule has 1 unspecified atom stereocenters. The highest BCUT2D eigenvalue weighted by Crippen LogP contribution is 2.52. The second-order valence-electron chi connectivity index (χ2n) is 15.0. The number of halogens is 2. The highest BCUT2D eigenvalue weighted by molar-refractivity contribution is 8.17. The van der Waals surface area contributed by atoms with Gasteiger partial charge in [-0.1, -0.05) is 146 Å². The summed E-state index contributed by atoms with van der Waals surface area (Å²) in [6.45, 7) is 0.305. The minimum Gasteiger partial charge on any atom is -0.369 e. The molecule has 2 fully saturated rings. The third-order valence-corrected chi connectivity index (χ3v) is 13.6. The molecule has 0 aromatic heterocycles. The summed E-state index contributed by atoms with van der Waals surface area (Å²) in [5.41, 5.74) is 4.28. The van der Waals surface area contributed by atoms with E-state index in [4.69, 9.17) is 0 Å². The number of carbonyl (C=O) groups excluding carboxylic acids is 4. The van der Waals surface area contributed by atoms with E-state index in [1.54, 1.807) is 36.0 Å². The molecule has 6 aromatic rings. The van der Waals surface area contributed by atoms with Crippen molar-refractivity contribution in [2.45, 2.75) is 28.7 Å². The summed E-state index contributed by atoms with van der Waals surface area (Å²) in [5.74, 6) is -3.61. The van der Waals surface area contributed by atoms with E-state index < -0.39 is 40.3 Å². The first-order chi connectivity index (χ1) is 30.6. The van der Waals surface area contributed by atoms with Crippen LogP contribution in [0.4, 0.5) is 13.6 Å². The van der Waals surface area contributed by atoms with Gasteiger partial charge in [0.15, 0.2) is 12.0 Å². The predicted molar refractivity (Wildman–Crippen MR) is 245 cm³/mol. The van der Waals surface area contributed by atoms with Crippen molar-refractivity contribution in [2.75, 3.05) is 13.1 Å². The van der Waals surface area contributed by atoms with Crippen LogP contribution in [-0.4, -0.2) is 63.5 Å². The lowest BCUT2D eigenvalue weighted by Crippen LogP contribution is -2.46. The highest BCUT2D eigenvalue weighted by Gasteiger charge is 2.46. The summed E-state index contributed by atoms with van der Waals surface area (Å²) in [6.07, 6.45) is 4.64. The van der Waals surface area contributed by atoms with E-state index in [-0.39, 0.29) is 52.6 Å². The van der Waals surface area contributed by atoms with Crippen molar-refractivity contribution < 1.29 is 33.1 Å². The number of hydrogen-bond acceptors (Lipinski definition) is 7. The Kier molecular flexibility index (Phi) is 13.1. The Morgan fingerprint density at radius 3 is 1.90 bits per heavy atom. The predicted octanol–water partition coefficient (Wildman–Crippen LogP) is 9.45. The van der Waals surface area contributed by atoms with Crippen molar-refractivity contribution in [2.24, 2.45) is 0 Å². The Hall–Kier alpha value is -6.60. The monoisotopic (exact) mass is 877 g/mol. The molecule has 0 radical (unpaired) electrons. The van der Waals surface area contributed by atoms with Crippen molar-refractivity contribution in [3.63, 3.8) is 0 Å². The second kappa shape index (κ2) is 19.2. The van der Waals surface area contributed by atoms with E-state index in [9.17, 15) is 33.1 Å². The molecule has 0 saturated carbocycles. The standard InChI is InChI=1S/C51H41F2N3O5S2/c52-38-26-27-42(43(53)30-38)46(57)40-20-10-11-21-41(40)49(60)56-32-39(63-51(35-14-4-1-5-15-35,36-16-6-2-7-17-36)37-18-8-3-9-19-37)31-44(56)47(58)54-28-12-13-33-22-24-34(25-23-33)29-45-48(59)55-50(61)62-45/h1-27,29-30,39,44,48,59H,28,31-32H2,(H,54,58)(H,55,61)/b13-12+,45-29-/t39-,44+,48?/m1/s1. The van der Waals surface area contributed by atoms with Crippen LogP contribution in [0.5, 0.6) is 0 Å². The van der Waals surface area contributed by atoms with Crippen molar-refractivity contribution >= 4 is 58.5 Å². The number of amides is 3. The van der Waals surface area contributed by atoms with E-state index in [1.807, 2.05) is 84.9 Å². The van der Waals surface area contributed by atoms with Crippen LogP contribution < -0.4 is 10.6 Å². The van der Waals surface area contributed by atoms with Gasteiger partial charge in [-0.2, -0.15) is 0 Å². The maximum atomic E-state index is 14.9. The number of benzene rings is 6. The Balaban J connectivity index is 1.09. The van der Waals surface area contributed by atoms with Gasteiger partial charge in [0.05, 0.1) is 15.9 Å². The van der Waals surface area contributed by atoms with Crippen LogP contribution in [0, 0.1) is 11.6 Å². The average molecular weight is 878 g/mol. The van der Waals surface area contributed by atoms with E-state index in [1.165, 1.54) is 17.0 Å². The van der Waals surface area contributed by atoms with Crippen LogP contribution in [-0.2, 0) is 9.54 Å². The lowest BCUT2D eigenvalue weighted by molar-refractivity contribution is -0.124. The molecule has 6 aromatic carbocycles. The van der Waals surface area contributed by atoms with Crippen LogP contribution in [0.1, 0.15) is 60.5 Å². The number of aliphatic hydroxyl groups excluding tert-OH is 1. The molecule has 2 aliphatic heterocycles. The van der Waals surface area contributed by atoms with Crippen LogP contribution in [0.25, 0.3) is 12.2 Å². The SMILES string of the molecule is O=C1NC(O)/C(=C/c2ccc(/C=C/CNC(=O)[C@@H]3C[C@@H](SC(c4ccccc4)(c4ccccc4)c4ccccc4)CN3C(=O)c3ccccc3C(=O)c3ccc(F)cc3F)cc2)S1. The third kappa shape index (κ3) is 9.43. The molecule has 316 valence electrons. The number of hydrogen-bond donors (Lipinski definition) is 3. The molecule has 2 saturated heterocycles. The van der Waals surface area contributed by atoms with Crippen LogP contribution in [0.3, 0.4) is 0 Å². The Labute approximate surface area is 372 Å². The first-order valence-corrected chi connectivity index (χ1v) is 22.0. The number of likely N-dealkylation sites (tertiary alicyclic amines) is 1. The van der Waals surface area contributed by atoms with Gasteiger partial charge in [-0.15, -0.1) is 11.8 Å². The van der Waals surface area contributed by atoms with Crippen molar-refractivity contribution in [1.29, 1.82) is 0 Å².